The largest absolute Gasteiger partial charge is 0.401 e. The van der Waals surface area contributed by atoms with Gasteiger partial charge in [-0.2, -0.15) is 10.2 Å². The Bertz CT molecular complexity index is 409. The van der Waals surface area contributed by atoms with Crippen LogP contribution in [0.1, 0.15) is 116 Å². The number of rotatable bonds is 12. The summed E-state index contributed by atoms with van der Waals surface area (Å²) >= 11 is 0. The minimum Gasteiger partial charge on any atom is -0.401 e. The molecule has 0 unspecified atom stereocenters. The van der Waals surface area contributed by atoms with E-state index in [1.54, 1.807) is 0 Å². The summed E-state index contributed by atoms with van der Waals surface area (Å²) in [4.78, 5) is 0. The molecule has 0 aromatic heterocycles. The quantitative estimate of drug-likeness (QED) is 0.284. The topological polar surface area (TPSA) is 50.7 Å². The highest BCUT2D eigenvalue weighted by Gasteiger charge is 2.06. The van der Waals surface area contributed by atoms with Gasteiger partial charge in [-0.1, -0.05) is 84.1 Å². The van der Waals surface area contributed by atoms with Crippen LogP contribution < -0.4 is 5.73 Å². The van der Waals surface area contributed by atoms with Gasteiger partial charge >= 0.3 is 0 Å². The molecule has 0 spiro atoms. The van der Waals surface area contributed by atoms with Crippen LogP contribution in [0.2, 0.25) is 0 Å². The van der Waals surface area contributed by atoms with Gasteiger partial charge in [0.25, 0.3) is 0 Å². The highest BCUT2D eigenvalue weighted by molar-refractivity contribution is 5.10. The zero-order valence-electron chi connectivity index (χ0n) is 16.7. The summed E-state index contributed by atoms with van der Waals surface area (Å²) in [6.45, 7) is 6.34. The van der Waals surface area contributed by atoms with Crippen LogP contribution in [0.4, 0.5) is 0 Å². The van der Waals surface area contributed by atoms with Gasteiger partial charge in [0, 0.05) is 5.70 Å². The summed E-state index contributed by atoms with van der Waals surface area (Å²) in [5.74, 6) is 0. The number of hydrogen-bond acceptors (Lipinski definition) is 3. The van der Waals surface area contributed by atoms with Crippen molar-refractivity contribution in [2.24, 2.45) is 16.0 Å². The number of nitrogens with zero attached hydrogens (tertiary/aromatic N) is 2. The number of unbranched alkanes of at least 4 members (excludes halogenated alkanes) is 8. The SMILES string of the molecule is C=C(CCCCCCCCCCC)N=N/C1=C(\N)CCCCCCC1. The number of azo groups is 1. The monoisotopic (exact) mass is 347 g/mol. The molecule has 0 fully saturated rings. The fourth-order valence-corrected chi connectivity index (χ4v) is 3.38. The highest BCUT2D eigenvalue weighted by atomic mass is 15.1. The van der Waals surface area contributed by atoms with Gasteiger partial charge in [0.05, 0.1) is 11.4 Å². The van der Waals surface area contributed by atoms with Crippen LogP contribution in [0.5, 0.6) is 0 Å². The van der Waals surface area contributed by atoms with Crippen molar-refractivity contribution in [3.8, 4) is 0 Å². The van der Waals surface area contributed by atoms with Gasteiger partial charge in [0.15, 0.2) is 0 Å². The van der Waals surface area contributed by atoms with Crippen LogP contribution in [-0.2, 0) is 0 Å². The van der Waals surface area contributed by atoms with E-state index < -0.39 is 0 Å². The lowest BCUT2D eigenvalue weighted by Gasteiger charge is -2.05. The van der Waals surface area contributed by atoms with E-state index in [-0.39, 0.29) is 0 Å². The summed E-state index contributed by atoms with van der Waals surface area (Å²) in [6, 6.07) is 0. The molecule has 0 radical (unpaired) electrons. The smallest absolute Gasteiger partial charge is 0.0817 e. The van der Waals surface area contributed by atoms with Gasteiger partial charge < -0.3 is 5.73 Å². The molecule has 0 amide bonds. The predicted molar refractivity (Wildman–Crippen MR) is 109 cm³/mol. The average Bonchev–Trinajstić information content (AvgIpc) is 2.71. The molecule has 25 heavy (non-hydrogen) atoms. The molecule has 0 atom stereocenters. The van der Waals surface area contributed by atoms with E-state index in [0.29, 0.717) is 0 Å². The summed E-state index contributed by atoms with van der Waals surface area (Å²) in [6.07, 6.45) is 21.3. The third kappa shape index (κ3) is 12.0. The predicted octanol–water partition coefficient (Wildman–Crippen LogP) is 7.79. The average molecular weight is 348 g/mol. The Morgan fingerprint density at radius 2 is 1.40 bits per heavy atom. The Morgan fingerprint density at radius 3 is 2.08 bits per heavy atom. The van der Waals surface area contributed by atoms with E-state index in [2.05, 4.69) is 23.7 Å². The molecule has 0 aliphatic heterocycles. The van der Waals surface area contributed by atoms with Crippen LogP contribution in [-0.4, -0.2) is 0 Å². The lowest BCUT2D eigenvalue weighted by molar-refractivity contribution is 0.563. The first-order chi connectivity index (χ1) is 12.2. The third-order valence-corrected chi connectivity index (χ3v) is 5.11. The second kappa shape index (κ2) is 15.2. The second-order valence-corrected chi connectivity index (χ2v) is 7.58. The molecule has 3 nitrogen and oxygen atoms in total. The molecule has 1 aliphatic carbocycles. The lowest BCUT2D eigenvalue weighted by atomic mass is 10.1. The molecule has 0 heterocycles. The molecule has 0 saturated carbocycles. The van der Waals surface area contributed by atoms with Crippen molar-refractivity contribution in [3.05, 3.63) is 23.7 Å². The van der Waals surface area contributed by atoms with Gasteiger partial charge in [-0.3, -0.25) is 0 Å². The molecule has 1 rings (SSSR count). The van der Waals surface area contributed by atoms with Crippen LogP contribution in [0.15, 0.2) is 33.9 Å². The van der Waals surface area contributed by atoms with Crippen molar-refractivity contribution in [3.63, 3.8) is 0 Å². The number of hydrogen-bond donors (Lipinski definition) is 1. The fraction of sp³-hybridized carbons (Fsp3) is 0.818. The molecule has 144 valence electrons. The molecule has 3 heteroatoms. The molecule has 1 aliphatic rings. The van der Waals surface area contributed by atoms with Crippen LogP contribution in [0, 0.1) is 0 Å². The number of allylic oxidation sites excluding steroid dienone is 3. The highest BCUT2D eigenvalue weighted by Crippen LogP contribution is 2.22. The number of nitrogens with two attached hydrogens (primary N) is 1. The standard InChI is InChI=1S/C22H41N3/c1-3-4-5-6-7-8-9-11-14-17-20(2)24-25-22-19-16-13-10-12-15-18-21(22)23/h2-19,23H2,1H3/b22-21-,25-24?. The summed E-state index contributed by atoms with van der Waals surface area (Å²) < 4.78 is 0. The van der Waals surface area contributed by atoms with Crippen molar-refractivity contribution < 1.29 is 0 Å². The van der Waals surface area contributed by atoms with Gasteiger partial charge in [-0.15, -0.1) is 0 Å². The van der Waals surface area contributed by atoms with Gasteiger partial charge in [0.1, 0.15) is 0 Å². The molecule has 2 N–H and O–H groups in total. The Hall–Kier alpha value is -1.12. The maximum Gasteiger partial charge on any atom is 0.0817 e. The molecule has 0 aromatic carbocycles. The molecular weight excluding hydrogens is 306 g/mol. The third-order valence-electron chi connectivity index (χ3n) is 5.11. The summed E-state index contributed by atoms with van der Waals surface area (Å²) in [7, 11) is 0. The van der Waals surface area contributed by atoms with Crippen molar-refractivity contribution in [1.82, 2.24) is 0 Å². The van der Waals surface area contributed by atoms with E-state index in [9.17, 15) is 0 Å². The molecule has 0 saturated heterocycles. The van der Waals surface area contributed by atoms with Crippen LogP contribution in [0.3, 0.4) is 0 Å². The van der Waals surface area contributed by atoms with Gasteiger partial charge in [-0.05, 0) is 38.5 Å². The normalized spacial score (nSPS) is 19.6. The van der Waals surface area contributed by atoms with Crippen molar-refractivity contribution in [2.45, 2.75) is 116 Å². The molecule has 0 aromatic rings. The zero-order chi connectivity index (χ0) is 18.2. The maximum atomic E-state index is 6.20. The maximum absolute atomic E-state index is 6.20. The van der Waals surface area contributed by atoms with E-state index in [4.69, 9.17) is 5.73 Å². The first kappa shape index (κ1) is 21.9. The Balaban J connectivity index is 2.15. The Kier molecular flexibility index (Phi) is 13.3. The molecular formula is C22H41N3. The van der Waals surface area contributed by atoms with Crippen molar-refractivity contribution in [1.29, 1.82) is 0 Å². The fourth-order valence-electron chi connectivity index (χ4n) is 3.38. The first-order valence-corrected chi connectivity index (χ1v) is 10.8. The van der Waals surface area contributed by atoms with Crippen molar-refractivity contribution >= 4 is 0 Å². The minimum absolute atomic E-state index is 0.906. The van der Waals surface area contributed by atoms with Crippen LogP contribution >= 0.6 is 0 Å². The lowest BCUT2D eigenvalue weighted by Crippen LogP contribution is -2.01. The Morgan fingerprint density at radius 1 is 0.840 bits per heavy atom. The van der Waals surface area contributed by atoms with E-state index in [1.165, 1.54) is 89.9 Å². The van der Waals surface area contributed by atoms with E-state index >= 15 is 0 Å². The van der Waals surface area contributed by atoms with Gasteiger partial charge in [0.2, 0.25) is 0 Å². The van der Waals surface area contributed by atoms with Gasteiger partial charge in [-0.25, -0.2) is 0 Å². The molecule has 0 bridgehead atoms. The van der Waals surface area contributed by atoms with Crippen molar-refractivity contribution in [2.75, 3.05) is 0 Å². The minimum atomic E-state index is 0.906. The van der Waals surface area contributed by atoms with E-state index in [0.717, 1.165) is 36.4 Å². The first-order valence-electron chi connectivity index (χ1n) is 10.8. The van der Waals surface area contributed by atoms with Crippen LogP contribution in [0.25, 0.3) is 0 Å². The summed E-state index contributed by atoms with van der Waals surface area (Å²) in [5, 5.41) is 8.81. The summed E-state index contributed by atoms with van der Waals surface area (Å²) in [5.41, 5.74) is 9.06. The zero-order valence-corrected chi connectivity index (χ0v) is 16.7. The second-order valence-electron chi connectivity index (χ2n) is 7.58. The Labute approximate surface area is 156 Å². The van der Waals surface area contributed by atoms with E-state index in [1.807, 2.05) is 0 Å².